The average Bonchev–Trinajstić information content (AvgIpc) is 3.35. The van der Waals surface area contributed by atoms with Crippen molar-refractivity contribution in [1.82, 2.24) is 20.0 Å². The molecule has 3 aromatic carbocycles. The Hall–Kier alpha value is -7.14. The number of likely N-dealkylation sites (N-methyl/N-ethyl adjacent to an activating group) is 1. The summed E-state index contributed by atoms with van der Waals surface area (Å²) in [5.41, 5.74) is 3.26. The van der Waals surface area contributed by atoms with Crippen molar-refractivity contribution in [2.75, 3.05) is 86.9 Å². The lowest BCUT2D eigenvalue weighted by Crippen LogP contribution is -2.64. The van der Waals surface area contributed by atoms with Crippen LogP contribution in [-0.4, -0.2) is 174 Å². The van der Waals surface area contributed by atoms with Gasteiger partial charge in [0, 0.05) is 65.6 Å². The first kappa shape index (κ1) is 55.2. The maximum absolute atomic E-state index is 13.9. The Morgan fingerprint density at radius 2 is 1.40 bits per heavy atom. The van der Waals surface area contributed by atoms with Crippen LogP contribution in [0.4, 0.5) is 4.79 Å². The summed E-state index contributed by atoms with van der Waals surface area (Å²) in [5, 5.41) is 3.59. The number of para-hydroxylation sites is 1. The van der Waals surface area contributed by atoms with E-state index in [0.29, 0.717) is 46.3 Å². The van der Waals surface area contributed by atoms with Gasteiger partial charge in [0.05, 0.1) is 56.3 Å². The van der Waals surface area contributed by atoms with Gasteiger partial charge in [-0.1, -0.05) is 24.3 Å². The number of carbonyl (C=O) groups is 7. The Bertz CT molecular complexity index is 2730. The van der Waals surface area contributed by atoms with Crippen LogP contribution in [0.25, 0.3) is 21.9 Å². The van der Waals surface area contributed by atoms with E-state index in [1.165, 1.54) is 23.1 Å². The Labute approximate surface area is 420 Å². The van der Waals surface area contributed by atoms with Crippen molar-refractivity contribution in [3.8, 4) is 5.75 Å². The highest BCUT2D eigenvalue weighted by Crippen LogP contribution is 2.33. The van der Waals surface area contributed by atoms with Gasteiger partial charge in [-0.05, 0) is 68.9 Å². The molecule has 2 aliphatic rings. The molecule has 4 aromatic rings. The zero-order chi connectivity index (χ0) is 52.9. The number of rotatable bonds is 20. The number of ether oxygens (including phenoxy) is 9. The average molecular weight is 1020 g/mol. The predicted octanol–water partition coefficient (Wildman–Crippen LogP) is 2.98. The van der Waals surface area contributed by atoms with Crippen molar-refractivity contribution in [3.05, 3.63) is 86.6 Å². The molecule has 0 saturated carbocycles. The molecule has 2 aliphatic heterocycles. The third-order valence-electron chi connectivity index (χ3n) is 12.0. The Morgan fingerprint density at radius 3 is 2.07 bits per heavy atom. The second kappa shape index (κ2) is 25.5. The number of benzene rings is 3. The summed E-state index contributed by atoms with van der Waals surface area (Å²) < 4.78 is 56.4. The number of carbonyl (C=O) groups excluding carboxylic acids is 7. The molecule has 0 spiro atoms. The molecule has 2 fully saturated rings. The fraction of sp³-hybridized carbons (Fsp3) is 0.490. The number of nitrogens with zero attached hydrogens (tertiary/aromatic N) is 3. The minimum atomic E-state index is -1.78. The van der Waals surface area contributed by atoms with Gasteiger partial charge in [-0.15, -0.1) is 0 Å². The second-order valence-corrected chi connectivity index (χ2v) is 17.6. The number of amides is 3. The molecule has 1 N–H and O–H groups in total. The number of nitrogens with one attached hydrogen (secondary N) is 1. The maximum atomic E-state index is 13.9. The molecule has 1 aromatic heterocycles. The lowest BCUT2D eigenvalue weighted by molar-refractivity contribution is -0.282. The molecule has 73 heavy (non-hydrogen) atoms. The minimum absolute atomic E-state index is 0.0271. The summed E-state index contributed by atoms with van der Waals surface area (Å²) >= 11 is 0. The fourth-order valence-electron chi connectivity index (χ4n) is 8.17. The third-order valence-corrected chi connectivity index (χ3v) is 12.0. The van der Waals surface area contributed by atoms with Crippen LogP contribution in [0.1, 0.15) is 53.4 Å². The molecule has 394 valence electrons. The highest BCUT2D eigenvalue weighted by atomic mass is 16.7. The van der Waals surface area contributed by atoms with Crippen LogP contribution >= 0.6 is 0 Å². The van der Waals surface area contributed by atoms with Gasteiger partial charge in [0.25, 0.3) is 5.91 Å². The number of piperazine rings is 1. The highest BCUT2D eigenvalue weighted by Gasteiger charge is 2.56. The van der Waals surface area contributed by atoms with E-state index in [4.69, 9.17) is 47.0 Å². The first-order chi connectivity index (χ1) is 34.9. The lowest BCUT2D eigenvalue weighted by atomic mass is 9.97. The van der Waals surface area contributed by atoms with Gasteiger partial charge < -0.3 is 67.1 Å². The van der Waals surface area contributed by atoms with Gasteiger partial charge in [0.15, 0.2) is 18.3 Å². The second-order valence-electron chi connectivity index (χ2n) is 17.6. The molecule has 0 unspecified atom stereocenters. The van der Waals surface area contributed by atoms with Gasteiger partial charge in [0.1, 0.15) is 23.5 Å². The van der Waals surface area contributed by atoms with Gasteiger partial charge in [0.2, 0.25) is 23.7 Å². The summed E-state index contributed by atoms with van der Waals surface area (Å²) in [6.45, 7) is 9.40. The van der Waals surface area contributed by atoms with Gasteiger partial charge in [-0.3, -0.25) is 28.8 Å². The van der Waals surface area contributed by atoms with E-state index in [9.17, 15) is 38.4 Å². The van der Waals surface area contributed by atoms with Crippen LogP contribution in [-0.2, 0) is 74.9 Å². The summed E-state index contributed by atoms with van der Waals surface area (Å²) in [6, 6.07) is 13.0. The predicted molar refractivity (Wildman–Crippen MR) is 258 cm³/mol. The summed E-state index contributed by atoms with van der Waals surface area (Å²) in [4.78, 5) is 110. The van der Waals surface area contributed by atoms with Crippen molar-refractivity contribution in [1.29, 1.82) is 0 Å². The zero-order valence-corrected chi connectivity index (χ0v) is 42.2. The number of hydrogen-bond acceptors (Lipinski definition) is 19. The normalized spacial score (nSPS) is 18.8. The van der Waals surface area contributed by atoms with Crippen molar-refractivity contribution < 1.29 is 80.6 Å². The SMILES string of the molecule is COC(=O)[C@H]1O[C@@H](Oc2ccc(COC(=O)N3CCN(C(=O)Cc4cccc5c(=O)c6ccc(C)c(C)c6oc45)CC3)cc2C(=O)NCCOCCOCCN(C)C)[C@H](OC(C)=O)[C@@H](OC(C)=O)[C@@H]1OC(C)=O. The summed E-state index contributed by atoms with van der Waals surface area (Å²) in [5.74, 6) is -4.80. The third kappa shape index (κ3) is 14.3. The van der Waals surface area contributed by atoms with Gasteiger partial charge in [-0.2, -0.15) is 0 Å². The molecular formula is C51H62N4O18. The molecule has 2 saturated heterocycles. The van der Waals surface area contributed by atoms with E-state index < -0.39 is 66.6 Å². The fourth-order valence-corrected chi connectivity index (χ4v) is 8.17. The Morgan fingerprint density at radius 1 is 0.753 bits per heavy atom. The number of aryl methyl sites for hydroxylation is 2. The first-order valence-electron chi connectivity index (χ1n) is 23.6. The van der Waals surface area contributed by atoms with Gasteiger partial charge >= 0.3 is 30.0 Å². The van der Waals surface area contributed by atoms with Crippen LogP contribution in [0.15, 0.2) is 57.7 Å². The molecule has 22 nitrogen and oxygen atoms in total. The van der Waals surface area contributed by atoms with Crippen LogP contribution in [0.3, 0.4) is 0 Å². The zero-order valence-electron chi connectivity index (χ0n) is 42.2. The van der Waals surface area contributed by atoms with Crippen LogP contribution in [0.5, 0.6) is 5.75 Å². The van der Waals surface area contributed by atoms with E-state index >= 15 is 0 Å². The first-order valence-corrected chi connectivity index (χ1v) is 23.6. The minimum Gasteiger partial charge on any atom is -0.467 e. The number of fused-ring (bicyclic) bond motifs is 2. The Balaban J connectivity index is 1.15. The quantitative estimate of drug-likeness (QED) is 0.0578. The molecular weight excluding hydrogens is 957 g/mol. The molecule has 3 amide bonds. The number of methoxy groups -OCH3 is 1. The summed E-state index contributed by atoms with van der Waals surface area (Å²) in [7, 11) is 4.90. The van der Waals surface area contributed by atoms with Crippen molar-refractivity contribution >= 4 is 63.7 Å². The van der Waals surface area contributed by atoms with E-state index in [0.717, 1.165) is 45.6 Å². The topological polar surface area (TPSA) is 255 Å². The van der Waals surface area contributed by atoms with Crippen molar-refractivity contribution in [3.63, 3.8) is 0 Å². The van der Waals surface area contributed by atoms with Gasteiger partial charge in [-0.25, -0.2) is 9.59 Å². The number of esters is 4. The summed E-state index contributed by atoms with van der Waals surface area (Å²) in [6.07, 6.45) is -9.22. The van der Waals surface area contributed by atoms with E-state index in [1.54, 1.807) is 29.2 Å². The maximum Gasteiger partial charge on any atom is 0.410 e. The van der Waals surface area contributed by atoms with E-state index in [-0.39, 0.29) is 81.6 Å². The van der Waals surface area contributed by atoms with Crippen molar-refractivity contribution in [2.24, 2.45) is 0 Å². The highest BCUT2D eigenvalue weighted by molar-refractivity contribution is 5.97. The lowest BCUT2D eigenvalue weighted by Gasteiger charge is -2.43. The molecule has 5 atom stereocenters. The van der Waals surface area contributed by atoms with Crippen LogP contribution in [0.2, 0.25) is 0 Å². The largest absolute Gasteiger partial charge is 0.467 e. The smallest absolute Gasteiger partial charge is 0.410 e. The molecule has 22 heteroatoms. The Kier molecular flexibility index (Phi) is 19.3. The van der Waals surface area contributed by atoms with Crippen LogP contribution < -0.4 is 15.5 Å². The molecule has 6 rings (SSSR count). The molecule has 0 aliphatic carbocycles. The van der Waals surface area contributed by atoms with E-state index in [1.807, 2.05) is 38.9 Å². The monoisotopic (exact) mass is 1020 g/mol. The molecule has 0 radical (unpaired) electrons. The van der Waals surface area contributed by atoms with E-state index in [2.05, 4.69) is 5.32 Å². The molecule has 3 heterocycles. The van der Waals surface area contributed by atoms with Crippen LogP contribution in [0, 0.1) is 13.8 Å². The standard InChI is InChI=1S/C51H62N4O18/c1-29-12-14-37-41(60)36-11-9-10-35(43(36)72-42(37)30(29)2)27-40(59)54-17-19-55(20-18-54)51(63)67-28-34-13-15-39(38(26-34)48(61)52-16-22-65-24-25-66-23-21-53(6)7)71-50-47(70-33(5)58)45(69-32(4)57)44(68-31(3)56)46(73-50)49(62)64-8/h9-15,26,44-47,50H,16-25,27-28H2,1-8H3,(H,52,61)/t44-,45-,46-,47+,50+/m0/s1. The molecule has 0 bridgehead atoms. The van der Waals surface area contributed by atoms with Crippen molar-refractivity contribution in [2.45, 2.75) is 78.4 Å². The number of hydrogen-bond donors (Lipinski definition) is 1.